The van der Waals surface area contributed by atoms with Gasteiger partial charge in [-0.3, -0.25) is 24.6 Å². The van der Waals surface area contributed by atoms with Crippen molar-refractivity contribution >= 4 is 77.3 Å². The van der Waals surface area contributed by atoms with E-state index in [0.29, 0.717) is 0 Å². The van der Waals surface area contributed by atoms with Crippen molar-refractivity contribution < 1.29 is 40.1 Å². The molecule has 0 aromatic carbocycles. The Labute approximate surface area is 323 Å². The van der Waals surface area contributed by atoms with Crippen molar-refractivity contribution in [1.29, 1.82) is 4.78 Å². The molecule has 3 aliphatic rings. The molecule has 44 heavy (non-hydrogen) atoms. The number of rotatable bonds is 7. The van der Waals surface area contributed by atoms with E-state index in [9.17, 15) is 0 Å². The zero-order chi connectivity index (χ0) is 30.1. The van der Waals surface area contributed by atoms with E-state index in [0.717, 1.165) is 63.2 Å². The summed E-state index contributed by atoms with van der Waals surface area (Å²) in [6.07, 6.45) is 0. The number of alkyl halides is 1. The van der Waals surface area contributed by atoms with Gasteiger partial charge in [0.15, 0.2) is 5.11 Å². The summed E-state index contributed by atoms with van der Waals surface area (Å²) in [4.78, 5) is 14.3. The standard InChI is InChI=1S/C7H15ClN2.C7H18N4S.C7H16N2S.C2H6O.CH4N2S.CH4.2ClH.Na.H2O/c1-9-4-6-10(3-2-8)7-5-9;1-10-2-4-11(5-3-10)6-7-12(8)9;1-8-2-4-9(5-3-8)6-7-10;1-2-3;2-1(3)4;;;;;/h2-7H2,1H3;2-7H2,1H3,(H3,8,9);10H,2-7H2,1H3;3H,2H2,1H3;(H4,2,3,4);1H4;2*1H;;1H2/q;;;;;;;;+1;/p-1. The molecule has 19 heteroatoms. The van der Waals surface area contributed by atoms with Crippen LogP contribution in [0.2, 0.25) is 0 Å². The number of nitrogens with one attached hydrogen (secondary N) is 1. The smallest absolute Gasteiger partial charge is 0.870 e. The molecule has 3 saturated heterocycles. The summed E-state index contributed by atoms with van der Waals surface area (Å²) in [7, 11) is 5.86. The number of halogens is 3. The number of hydrogen-bond donors (Lipinski definition) is 6. The maximum atomic E-state index is 7.57. The third-order valence-corrected chi connectivity index (χ3v) is 7.22. The van der Waals surface area contributed by atoms with E-state index in [1.165, 1.54) is 52.4 Å². The van der Waals surface area contributed by atoms with Crippen LogP contribution in [0, 0.1) is 4.78 Å². The molecule has 268 valence electrons. The van der Waals surface area contributed by atoms with E-state index in [2.05, 4.69) is 86.9 Å². The first kappa shape index (κ1) is 61.0. The second-order valence-corrected chi connectivity index (χ2v) is 12.3. The molecule has 0 aliphatic carbocycles. The monoisotopic (exact) mass is 762 g/mol. The number of likely N-dealkylation sites (N-methyl/N-ethyl adjacent to an activating group) is 3. The number of aliphatic hydroxyl groups is 1. The number of hydrogen-bond acceptors (Lipinski definition) is 11. The van der Waals surface area contributed by atoms with Gasteiger partial charge in [-0.15, -0.1) is 36.4 Å². The fourth-order valence-electron chi connectivity index (χ4n) is 3.70. The number of piperazine rings is 3. The van der Waals surface area contributed by atoms with Gasteiger partial charge >= 0.3 is 29.6 Å². The number of nitrogens with two attached hydrogens (primary N) is 3. The molecular formula is C25H66Cl3N10NaO2S3. The predicted octanol–water partition coefficient (Wildman–Crippen LogP) is -2.38. The van der Waals surface area contributed by atoms with E-state index < -0.39 is 10.9 Å². The van der Waals surface area contributed by atoms with Crippen molar-refractivity contribution in [2.75, 3.05) is 143 Å². The van der Waals surface area contributed by atoms with Crippen LogP contribution in [0.25, 0.3) is 0 Å². The maximum absolute atomic E-state index is 7.57. The van der Waals surface area contributed by atoms with Gasteiger partial charge in [-0.05, 0) is 51.2 Å². The summed E-state index contributed by atoms with van der Waals surface area (Å²) in [5, 5.41) is 13.0. The van der Waals surface area contributed by atoms with Gasteiger partial charge in [0.1, 0.15) is 0 Å². The molecule has 3 fully saturated rings. The predicted molar refractivity (Wildman–Crippen MR) is 202 cm³/mol. The zero-order valence-electron chi connectivity index (χ0n) is 27.2. The van der Waals surface area contributed by atoms with E-state index >= 15 is 0 Å². The molecule has 0 amide bonds. The molecular weight excluding hydrogens is 698 g/mol. The largest absolute Gasteiger partial charge is 1.00 e. The van der Waals surface area contributed by atoms with Gasteiger partial charge in [-0.25, -0.2) is 0 Å². The van der Waals surface area contributed by atoms with Crippen molar-refractivity contribution in [3.63, 3.8) is 0 Å². The van der Waals surface area contributed by atoms with E-state index in [-0.39, 0.29) is 79.0 Å². The first-order valence-electron chi connectivity index (χ1n) is 13.7. The summed E-state index contributed by atoms with van der Waals surface area (Å²) >= 11 is 13.9. The third-order valence-electron chi connectivity index (χ3n) is 6.23. The van der Waals surface area contributed by atoms with Crippen LogP contribution in [-0.2, 0) is 10.9 Å². The fraction of sp³-hybridized carbons (Fsp3) is 0.960. The molecule has 0 spiro atoms. The van der Waals surface area contributed by atoms with Gasteiger partial charge in [0.2, 0.25) is 0 Å². The molecule has 0 bridgehead atoms. The van der Waals surface area contributed by atoms with Crippen molar-refractivity contribution in [1.82, 2.24) is 29.4 Å². The minimum absolute atomic E-state index is 0. The van der Waals surface area contributed by atoms with Gasteiger partial charge < -0.3 is 36.7 Å². The van der Waals surface area contributed by atoms with Crippen LogP contribution in [0.3, 0.4) is 0 Å². The molecule has 0 aromatic rings. The quantitative estimate of drug-likeness (QED) is 0.0706. The minimum Gasteiger partial charge on any atom is -0.870 e. The van der Waals surface area contributed by atoms with Crippen LogP contribution in [0.4, 0.5) is 0 Å². The SMILES string of the molecule is C.CCO.CN1CCN(CCCl)CC1.CN1CCN(CCS(=N)N)CC1.CN1CCN(CCS)CC1.Cl.Cl.NC(N)=S.[Na+].[OH-]. The van der Waals surface area contributed by atoms with Crippen molar-refractivity contribution in [3.8, 4) is 0 Å². The molecule has 1 atom stereocenters. The van der Waals surface area contributed by atoms with Gasteiger partial charge in [-0.1, -0.05) is 7.43 Å². The van der Waals surface area contributed by atoms with Crippen LogP contribution in [0.1, 0.15) is 14.4 Å². The van der Waals surface area contributed by atoms with Crippen LogP contribution in [0.15, 0.2) is 0 Å². The van der Waals surface area contributed by atoms with E-state index in [1.54, 1.807) is 6.92 Å². The topological polar surface area (TPSA) is 172 Å². The average Bonchev–Trinajstić information content (AvgIpc) is 2.88. The van der Waals surface area contributed by atoms with Crippen LogP contribution in [0.5, 0.6) is 0 Å². The molecule has 12 nitrogen and oxygen atoms in total. The van der Waals surface area contributed by atoms with Crippen molar-refractivity contribution in [2.45, 2.75) is 14.4 Å². The normalized spacial score (nSPS) is 18.2. The van der Waals surface area contributed by atoms with E-state index in [1.807, 2.05) is 0 Å². The Morgan fingerprint density at radius 3 is 1.27 bits per heavy atom. The summed E-state index contributed by atoms with van der Waals surface area (Å²) in [5.41, 5.74) is 9.24. The second kappa shape index (κ2) is 42.7. The molecule has 3 rings (SSSR count). The summed E-state index contributed by atoms with van der Waals surface area (Å²) in [5.74, 6) is 2.58. The van der Waals surface area contributed by atoms with Gasteiger partial charge in [0.05, 0.1) is 0 Å². The van der Waals surface area contributed by atoms with Gasteiger partial charge in [0.25, 0.3) is 0 Å². The molecule has 0 saturated carbocycles. The third kappa shape index (κ3) is 43.7. The summed E-state index contributed by atoms with van der Waals surface area (Å²) < 4.78 is 7.20. The number of thiocarbonyl (C=S) groups is 1. The second-order valence-electron chi connectivity index (χ2n) is 9.70. The number of aliphatic hydroxyl groups excluding tert-OH is 1. The first-order chi connectivity index (χ1) is 18.5. The van der Waals surface area contributed by atoms with Crippen LogP contribution < -0.4 is 46.2 Å². The number of nitrogens with zero attached hydrogens (tertiary/aromatic N) is 6. The van der Waals surface area contributed by atoms with Crippen molar-refractivity contribution in [3.05, 3.63) is 0 Å². The Bertz CT molecular complexity index is 570. The molecule has 0 aromatic heterocycles. The zero-order valence-corrected chi connectivity index (χ0v) is 34.1. The Kier molecular flexibility index (Phi) is 59.2. The maximum Gasteiger partial charge on any atom is 1.00 e. The fourth-order valence-corrected chi connectivity index (χ4v) is 4.68. The average molecular weight is 764 g/mol. The number of thiol groups is 1. The van der Waals surface area contributed by atoms with Crippen LogP contribution in [-0.4, -0.2) is 188 Å². The molecule has 3 aliphatic heterocycles. The Morgan fingerprint density at radius 1 is 0.795 bits per heavy atom. The molecule has 3 heterocycles. The Balaban J connectivity index is -0.0000000804. The molecule has 1 unspecified atom stereocenters. The molecule has 9 N–H and O–H groups in total. The minimum atomic E-state index is -0.631. The van der Waals surface area contributed by atoms with Gasteiger partial charge in [0, 0.05) is 122 Å². The van der Waals surface area contributed by atoms with Gasteiger partial charge in [-0.2, -0.15) is 12.6 Å². The first-order valence-corrected chi connectivity index (χ1v) is 16.7. The molecule has 0 radical (unpaired) electrons. The summed E-state index contributed by atoms with van der Waals surface area (Å²) in [6.45, 7) is 19.3. The van der Waals surface area contributed by atoms with E-state index in [4.69, 9.17) is 26.6 Å². The summed E-state index contributed by atoms with van der Waals surface area (Å²) in [6, 6.07) is 0. The Hall–Kier alpha value is 1.70. The van der Waals surface area contributed by atoms with Crippen molar-refractivity contribution in [2.24, 2.45) is 16.6 Å². The Morgan fingerprint density at radius 2 is 1.05 bits per heavy atom. The van der Waals surface area contributed by atoms with Crippen LogP contribution >= 0.6 is 61.3 Å².